The van der Waals surface area contributed by atoms with Crippen LogP contribution in [-0.2, 0) is 9.53 Å². The predicted molar refractivity (Wildman–Crippen MR) is 72.8 cm³/mol. The lowest BCUT2D eigenvalue weighted by atomic mass is 10.2. The molecule has 0 amide bonds. The van der Waals surface area contributed by atoms with E-state index >= 15 is 0 Å². The van der Waals surface area contributed by atoms with Crippen LogP contribution < -0.4 is 5.32 Å². The quantitative estimate of drug-likeness (QED) is 0.515. The van der Waals surface area contributed by atoms with Crippen LogP contribution in [0, 0.1) is 10.1 Å². The number of ether oxygens (including phenoxy) is 1. The van der Waals surface area contributed by atoms with Crippen LogP contribution in [0.3, 0.4) is 0 Å². The molecular weight excluding hydrogens is 280 g/mol. The van der Waals surface area contributed by atoms with Crippen LogP contribution in [0.25, 0.3) is 11.0 Å². The van der Waals surface area contributed by atoms with Gasteiger partial charge in [-0.05, 0) is 37.2 Å². The van der Waals surface area contributed by atoms with Gasteiger partial charge in [0.2, 0.25) is 5.52 Å². The molecule has 112 valence electrons. The van der Waals surface area contributed by atoms with Gasteiger partial charge in [0.1, 0.15) is 12.1 Å². The molecule has 0 atom stereocenters. The monoisotopic (exact) mass is 294 g/mol. The molecular formula is C12H14N4O5. The lowest BCUT2D eigenvalue weighted by Gasteiger charge is -2.19. The molecule has 0 radical (unpaired) electrons. The molecule has 0 aliphatic rings. The lowest BCUT2D eigenvalue weighted by molar-refractivity contribution is -0.383. The normalized spacial score (nSPS) is 11.4. The average Bonchev–Trinajstić information content (AvgIpc) is 2.82. The van der Waals surface area contributed by atoms with Gasteiger partial charge in [0, 0.05) is 6.07 Å². The van der Waals surface area contributed by atoms with Gasteiger partial charge in [0.05, 0.1) is 10.6 Å². The summed E-state index contributed by atoms with van der Waals surface area (Å²) in [5, 5.41) is 20.8. The number of aromatic nitrogens is 2. The number of rotatable bonds is 4. The van der Waals surface area contributed by atoms with E-state index < -0.39 is 16.5 Å². The number of non-ortho nitro benzene ring substituents is 1. The number of nitrogens with one attached hydrogen (secondary N) is 1. The topological polar surface area (TPSA) is 120 Å². The zero-order valence-electron chi connectivity index (χ0n) is 11.7. The van der Waals surface area contributed by atoms with Crippen molar-refractivity contribution in [3.05, 3.63) is 22.2 Å². The third kappa shape index (κ3) is 3.44. The number of esters is 1. The Kier molecular flexibility index (Phi) is 3.74. The predicted octanol–water partition coefficient (Wildman–Crippen LogP) is 1.88. The largest absolute Gasteiger partial charge is 0.459 e. The number of hydrogen-bond acceptors (Lipinski definition) is 8. The molecule has 1 aromatic heterocycles. The maximum Gasteiger partial charge on any atom is 0.325 e. The second kappa shape index (κ2) is 5.35. The van der Waals surface area contributed by atoms with E-state index in [0.29, 0.717) is 5.69 Å². The molecule has 1 heterocycles. The Morgan fingerprint density at radius 2 is 2.05 bits per heavy atom. The number of hydrogen-bond donors (Lipinski definition) is 1. The van der Waals surface area contributed by atoms with Gasteiger partial charge in [-0.25, -0.2) is 4.63 Å². The Hall–Kier alpha value is -2.71. The minimum atomic E-state index is -0.584. The summed E-state index contributed by atoms with van der Waals surface area (Å²) in [6.45, 7) is 5.18. The van der Waals surface area contributed by atoms with E-state index in [1.165, 1.54) is 12.1 Å². The molecule has 0 spiro atoms. The van der Waals surface area contributed by atoms with Crippen LogP contribution in [0.2, 0.25) is 0 Å². The van der Waals surface area contributed by atoms with E-state index in [9.17, 15) is 14.9 Å². The minimum Gasteiger partial charge on any atom is -0.459 e. The second-order valence-electron chi connectivity index (χ2n) is 5.29. The third-order valence-electron chi connectivity index (χ3n) is 2.43. The zero-order valence-corrected chi connectivity index (χ0v) is 11.7. The molecule has 9 nitrogen and oxygen atoms in total. The molecule has 2 rings (SSSR count). The van der Waals surface area contributed by atoms with Crippen molar-refractivity contribution in [3.8, 4) is 0 Å². The molecule has 0 aliphatic carbocycles. The second-order valence-corrected chi connectivity index (χ2v) is 5.29. The summed E-state index contributed by atoms with van der Waals surface area (Å²) in [7, 11) is 0. The number of nitro benzene ring substituents is 1. The maximum absolute atomic E-state index is 11.6. The number of benzene rings is 1. The van der Waals surface area contributed by atoms with Crippen molar-refractivity contribution in [2.75, 3.05) is 11.9 Å². The number of carbonyl (C=O) groups is 1. The third-order valence-corrected chi connectivity index (χ3v) is 2.43. The van der Waals surface area contributed by atoms with Crippen LogP contribution in [-0.4, -0.2) is 33.4 Å². The summed E-state index contributed by atoms with van der Waals surface area (Å²) < 4.78 is 9.67. The van der Waals surface area contributed by atoms with Gasteiger partial charge in [-0.2, -0.15) is 0 Å². The minimum absolute atomic E-state index is 0.0224. The highest BCUT2D eigenvalue weighted by Crippen LogP contribution is 2.28. The van der Waals surface area contributed by atoms with Gasteiger partial charge in [0.15, 0.2) is 5.52 Å². The van der Waals surface area contributed by atoms with E-state index in [1.807, 2.05) is 0 Å². The van der Waals surface area contributed by atoms with Crippen LogP contribution in [0.15, 0.2) is 16.8 Å². The van der Waals surface area contributed by atoms with E-state index in [0.717, 1.165) is 0 Å². The molecule has 0 saturated carbocycles. The maximum atomic E-state index is 11.6. The first-order valence-corrected chi connectivity index (χ1v) is 6.13. The number of anilines is 1. The molecule has 0 fully saturated rings. The van der Waals surface area contributed by atoms with Crippen LogP contribution in [0.4, 0.5) is 11.4 Å². The highest BCUT2D eigenvalue weighted by molar-refractivity contribution is 5.94. The van der Waals surface area contributed by atoms with Crippen molar-refractivity contribution in [1.29, 1.82) is 0 Å². The number of nitro groups is 1. The van der Waals surface area contributed by atoms with E-state index in [4.69, 9.17) is 4.74 Å². The SMILES string of the molecule is CC(C)(C)OC(=O)CNc1ccc([N+](=O)[O-])c2nonc12. The van der Waals surface area contributed by atoms with E-state index in [1.54, 1.807) is 20.8 Å². The summed E-state index contributed by atoms with van der Waals surface area (Å²) in [5.74, 6) is -0.453. The number of carbonyl (C=O) groups excluding carboxylic acids is 1. The van der Waals surface area contributed by atoms with Gasteiger partial charge in [0.25, 0.3) is 0 Å². The molecule has 2 aromatic rings. The fourth-order valence-corrected chi connectivity index (χ4v) is 1.69. The Bertz CT molecular complexity index is 689. The van der Waals surface area contributed by atoms with Crippen molar-refractivity contribution < 1.29 is 19.1 Å². The molecule has 0 saturated heterocycles. The molecule has 21 heavy (non-hydrogen) atoms. The van der Waals surface area contributed by atoms with Gasteiger partial charge < -0.3 is 10.1 Å². The van der Waals surface area contributed by atoms with Gasteiger partial charge in [-0.15, -0.1) is 0 Å². The molecule has 1 N–H and O–H groups in total. The Morgan fingerprint density at radius 1 is 1.38 bits per heavy atom. The number of nitrogens with zero attached hydrogens (tertiary/aromatic N) is 3. The standard InChI is InChI=1S/C12H14N4O5/c1-12(2,3)20-9(17)6-13-7-4-5-8(16(18)19)11-10(7)14-21-15-11/h4-5,13H,6H2,1-3H3. The Labute approximate surface area is 119 Å². The van der Waals surface area contributed by atoms with Crippen LogP contribution >= 0.6 is 0 Å². The molecule has 1 aromatic carbocycles. The first kappa shape index (κ1) is 14.7. The molecule has 9 heteroatoms. The summed E-state index contributed by atoms with van der Waals surface area (Å²) in [4.78, 5) is 21.9. The molecule has 0 aliphatic heterocycles. The van der Waals surface area contributed by atoms with Crippen molar-refractivity contribution >= 4 is 28.4 Å². The van der Waals surface area contributed by atoms with Gasteiger partial charge in [-0.1, -0.05) is 0 Å². The Balaban J connectivity index is 2.17. The Morgan fingerprint density at radius 3 is 2.67 bits per heavy atom. The van der Waals surface area contributed by atoms with Gasteiger partial charge in [-0.3, -0.25) is 14.9 Å². The van der Waals surface area contributed by atoms with E-state index in [2.05, 4.69) is 20.3 Å². The highest BCUT2D eigenvalue weighted by Gasteiger charge is 2.21. The van der Waals surface area contributed by atoms with Crippen LogP contribution in [0.5, 0.6) is 0 Å². The summed E-state index contributed by atoms with van der Waals surface area (Å²) >= 11 is 0. The van der Waals surface area contributed by atoms with Crippen molar-refractivity contribution in [3.63, 3.8) is 0 Å². The summed E-state index contributed by atoms with van der Waals surface area (Å²) in [6.07, 6.45) is 0. The van der Waals surface area contributed by atoms with Crippen LogP contribution in [0.1, 0.15) is 20.8 Å². The van der Waals surface area contributed by atoms with Crippen molar-refractivity contribution in [2.24, 2.45) is 0 Å². The summed E-state index contributed by atoms with van der Waals surface area (Å²) in [5.41, 5.74) is -0.183. The molecule has 0 unspecified atom stereocenters. The highest BCUT2D eigenvalue weighted by atomic mass is 16.6. The fraction of sp³-hybridized carbons (Fsp3) is 0.417. The average molecular weight is 294 g/mol. The van der Waals surface area contributed by atoms with E-state index in [-0.39, 0.29) is 23.3 Å². The van der Waals surface area contributed by atoms with Gasteiger partial charge >= 0.3 is 11.7 Å². The fourth-order valence-electron chi connectivity index (χ4n) is 1.69. The first-order chi connectivity index (χ1) is 9.78. The first-order valence-electron chi connectivity index (χ1n) is 6.13. The van der Waals surface area contributed by atoms with Crippen molar-refractivity contribution in [1.82, 2.24) is 10.3 Å². The van der Waals surface area contributed by atoms with Crippen molar-refractivity contribution in [2.45, 2.75) is 26.4 Å². The lowest BCUT2D eigenvalue weighted by Crippen LogP contribution is -2.28. The molecule has 0 bridgehead atoms. The summed E-state index contributed by atoms with van der Waals surface area (Å²) in [6, 6.07) is 2.71. The zero-order chi connectivity index (χ0) is 15.6. The number of fused-ring (bicyclic) bond motifs is 1. The smallest absolute Gasteiger partial charge is 0.325 e.